The molecule has 0 saturated carbocycles. The minimum atomic E-state index is -0.367. The molecular weight excluding hydrogens is 372 g/mol. The topological polar surface area (TPSA) is 104 Å². The molecule has 2 aromatic heterocycles. The van der Waals surface area contributed by atoms with Gasteiger partial charge >= 0.3 is 0 Å². The van der Waals surface area contributed by atoms with Crippen molar-refractivity contribution in [3.8, 4) is 5.69 Å². The molecule has 1 aromatic carbocycles. The Labute approximate surface area is 166 Å². The van der Waals surface area contributed by atoms with Crippen molar-refractivity contribution < 1.29 is 9.53 Å². The summed E-state index contributed by atoms with van der Waals surface area (Å²) < 4.78 is 7.02. The van der Waals surface area contributed by atoms with Gasteiger partial charge < -0.3 is 10.1 Å². The van der Waals surface area contributed by atoms with Gasteiger partial charge in [0.2, 0.25) is 0 Å². The van der Waals surface area contributed by atoms with E-state index < -0.39 is 0 Å². The molecule has 29 heavy (non-hydrogen) atoms. The molecule has 1 fully saturated rings. The maximum Gasteiger partial charge on any atom is 0.273 e. The molecule has 3 heterocycles. The fourth-order valence-electron chi connectivity index (χ4n) is 3.87. The summed E-state index contributed by atoms with van der Waals surface area (Å²) in [5.41, 5.74) is 2.81. The number of aromatic nitrogens is 5. The van der Waals surface area contributed by atoms with Gasteiger partial charge in [0, 0.05) is 6.07 Å². The fourth-order valence-corrected chi connectivity index (χ4v) is 3.87. The zero-order chi connectivity index (χ0) is 19.8. The highest BCUT2D eigenvalue weighted by atomic mass is 16.5. The second-order valence-corrected chi connectivity index (χ2v) is 7.29. The number of fused-ring (bicyclic) bond motifs is 1. The molecule has 1 N–H and O–H groups in total. The van der Waals surface area contributed by atoms with Gasteiger partial charge in [0.25, 0.3) is 11.5 Å². The largest absolute Gasteiger partial charge is 0.377 e. The van der Waals surface area contributed by atoms with E-state index in [1.54, 1.807) is 6.07 Å². The van der Waals surface area contributed by atoms with Crippen LogP contribution in [0.25, 0.3) is 5.69 Å². The van der Waals surface area contributed by atoms with Gasteiger partial charge in [-0.15, -0.1) is 5.10 Å². The van der Waals surface area contributed by atoms with E-state index in [0.717, 1.165) is 36.2 Å². The smallest absolute Gasteiger partial charge is 0.273 e. The van der Waals surface area contributed by atoms with Crippen molar-refractivity contribution in [2.45, 2.75) is 31.3 Å². The monoisotopic (exact) mass is 392 g/mol. The Morgan fingerprint density at radius 3 is 2.86 bits per heavy atom. The molecule has 2 atom stereocenters. The lowest BCUT2D eigenvalue weighted by Gasteiger charge is -2.20. The number of nitrogens with one attached hydrogen (secondary N) is 1. The maximum absolute atomic E-state index is 12.7. The van der Waals surface area contributed by atoms with Crippen LogP contribution in [0.5, 0.6) is 0 Å². The van der Waals surface area contributed by atoms with Gasteiger partial charge in [-0.3, -0.25) is 9.59 Å². The van der Waals surface area contributed by atoms with Gasteiger partial charge in [-0.1, -0.05) is 18.2 Å². The van der Waals surface area contributed by atoms with Gasteiger partial charge in [-0.25, -0.2) is 4.68 Å². The third-order valence-corrected chi connectivity index (χ3v) is 5.38. The summed E-state index contributed by atoms with van der Waals surface area (Å²) in [4.78, 5) is 26.6. The van der Waals surface area contributed by atoms with Gasteiger partial charge in [-0.2, -0.15) is 15.0 Å². The first-order valence-corrected chi connectivity index (χ1v) is 9.67. The lowest BCUT2D eigenvalue weighted by molar-refractivity contribution is 0.0919. The number of aryl methyl sites for hydroxylation is 2. The van der Waals surface area contributed by atoms with Crippen LogP contribution < -0.4 is 10.9 Å². The van der Waals surface area contributed by atoms with E-state index in [0.29, 0.717) is 13.2 Å². The molecule has 148 valence electrons. The number of ether oxygens (including phenoxy) is 1. The first kappa shape index (κ1) is 17.7. The third kappa shape index (κ3) is 3.33. The van der Waals surface area contributed by atoms with E-state index in [4.69, 9.17) is 4.74 Å². The van der Waals surface area contributed by atoms with Crippen LogP contribution in [0.2, 0.25) is 0 Å². The van der Waals surface area contributed by atoms with Crippen molar-refractivity contribution in [1.82, 2.24) is 30.1 Å². The van der Waals surface area contributed by atoms with Crippen LogP contribution in [0.4, 0.5) is 0 Å². The van der Waals surface area contributed by atoms with Crippen LogP contribution in [0.3, 0.4) is 0 Å². The highest BCUT2D eigenvalue weighted by molar-refractivity contribution is 5.92. The molecule has 9 heteroatoms. The van der Waals surface area contributed by atoms with Crippen molar-refractivity contribution in [3.63, 3.8) is 0 Å². The quantitative estimate of drug-likeness (QED) is 0.700. The molecule has 1 aliphatic heterocycles. The summed E-state index contributed by atoms with van der Waals surface area (Å²) in [7, 11) is 0. The van der Waals surface area contributed by atoms with Gasteiger partial charge in [0.1, 0.15) is 6.04 Å². The number of rotatable bonds is 4. The highest BCUT2D eigenvalue weighted by Gasteiger charge is 2.34. The predicted octanol–water partition coefficient (Wildman–Crippen LogP) is 0.683. The van der Waals surface area contributed by atoms with Gasteiger partial charge in [0.05, 0.1) is 36.8 Å². The Morgan fingerprint density at radius 1 is 1.14 bits per heavy atom. The van der Waals surface area contributed by atoms with Crippen LogP contribution >= 0.6 is 0 Å². The number of carbonyl (C=O) groups excluding carboxylic acids is 1. The van der Waals surface area contributed by atoms with E-state index in [-0.39, 0.29) is 29.2 Å². The fraction of sp³-hybridized carbons (Fsp3) is 0.350. The molecule has 0 radical (unpaired) electrons. The SMILES string of the molecule is O=C(NC1COCC1n1nc2c(cc1=O)CCC2)c1cnn(-c2ccccc2)n1. The average Bonchev–Trinajstić information content (AvgIpc) is 3.48. The van der Waals surface area contributed by atoms with E-state index >= 15 is 0 Å². The minimum absolute atomic E-state index is 0.157. The molecule has 2 aliphatic rings. The summed E-state index contributed by atoms with van der Waals surface area (Å²) in [6.07, 6.45) is 4.22. The number of carbonyl (C=O) groups is 1. The first-order chi connectivity index (χ1) is 14.2. The number of benzene rings is 1. The zero-order valence-corrected chi connectivity index (χ0v) is 15.7. The summed E-state index contributed by atoms with van der Waals surface area (Å²) in [6, 6.07) is 10.3. The maximum atomic E-state index is 12.7. The van der Waals surface area contributed by atoms with E-state index in [1.807, 2.05) is 30.3 Å². The van der Waals surface area contributed by atoms with Crippen molar-refractivity contribution >= 4 is 5.91 Å². The Balaban J connectivity index is 1.35. The summed E-state index contributed by atoms with van der Waals surface area (Å²) in [5, 5.41) is 15.9. The molecule has 9 nitrogen and oxygen atoms in total. The van der Waals surface area contributed by atoms with Crippen LogP contribution in [0.15, 0.2) is 47.4 Å². The zero-order valence-electron chi connectivity index (χ0n) is 15.7. The second-order valence-electron chi connectivity index (χ2n) is 7.29. The molecule has 3 aromatic rings. The van der Waals surface area contributed by atoms with Crippen LogP contribution in [0.1, 0.15) is 34.2 Å². The van der Waals surface area contributed by atoms with E-state index in [2.05, 4.69) is 20.6 Å². The molecule has 1 saturated heterocycles. The number of para-hydroxylation sites is 1. The third-order valence-electron chi connectivity index (χ3n) is 5.38. The minimum Gasteiger partial charge on any atom is -0.377 e. The van der Waals surface area contributed by atoms with Crippen LogP contribution in [0, 0.1) is 0 Å². The summed E-state index contributed by atoms with van der Waals surface area (Å²) in [6.45, 7) is 0.641. The second kappa shape index (κ2) is 7.25. The summed E-state index contributed by atoms with van der Waals surface area (Å²) >= 11 is 0. The van der Waals surface area contributed by atoms with Crippen molar-refractivity contribution in [2.24, 2.45) is 0 Å². The standard InChI is InChI=1S/C20H20N6O3/c27-19-9-13-5-4-8-15(13)23-25(19)18-12-29-11-17(18)22-20(28)16-10-21-26(24-16)14-6-2-1-3-7-14/h1-3,6-7,9-10,17-18H,4-5,8,11-12H2,(H,22,28). The Morgan fingerprint density at radius 2 is 2.00 bits per heavy atom. The first-order valence-electron chi connectivity index (χ1n) is 9.67. The molecular formula is C20H20N6O3. The van der Waals surface area contributed by atoms with Gasteiger partial charge in [0.15, 0.2) is 5.69 Å². The molecule has 0 bridgehead atoms. The molecule has 1 aliphatic carbocycles. The normalized spacial score (nSPS) is 20.6. The van der Waals surface area contributed by atoms with Crippen molar-refractivity contribution in [3.05, 3.63) is 69.9 Å². The van der Waals surface area contributed by atoms with Crippen LogP contribution in [-0.2, 0) is 17.6 Å². The molecule has 1 amide bonds. The van der Waals surface area contributed by atoms with Crippen molar-refractivity contribution in [2.75, 3.05) is 13.2 Å². The summed E-state index contributed by atoms with van der Waals surface area (Å²) in [5.74, 6) is -0.359. The number of nitrogens with zero attached hydrogens (tertiary/aromatic N) is 5. The lowest BCUT2D eigenvalue weighted by atomic mass is 10.1. The van der Waals surface area contributed by atoms with E-state index in [1.165, 1.54) is 15.7 Å². The Kier molecular flexibility index (Phi) is 4.44. The number of hydrogen-bond acceptors (Lipinski definition) is 6. The average molecular weight is 392 g/mol. The Bertz CT molecular complexity index is 1110. The molecule has 2 unspecified atom stereocenters. The number of amides is 1. The van der Waals surface area contributed by atoms with Crippen LogP contribution in [-0.4, -0.2) is 49.9 Å². The van der Waals surface area contributed by atoms with E-state index in [9.17, 15) is 9.59 Å². The molecule has 5 rings (SSSR count). The highest BCUT2D eigenvalue weighted by Crippen LogP contribution is 2.21. The van der Waals surface area contributed by atoms with Gasteiger partial charge in [-0.05, 0) is 37.0 Å². The Hall–Kier alpha value is -3.33. The number of hydrogen-bond donors (Lipinski definition) is 1. The van der Waals surface area contributed by atoms with Crippen molar-refractivity contribution in [1.29, 1.82) is 0 Å². The lowest BCUT2D eigenvalue weighted by Crippen LogP contribution is -2.44. The predicted molar refractivity (Wildman–Crippen MR) is 103 cm³/mol. The molecule has 0 spiro atoms.